The molecular formula is C20H17N3O6S. The van der Waals surface area contributed by atoms with Gasteiger partial charge in [-0.3, -0.25) is 19.7 Å². The van der Waals surface area contributed by atoms with E-state index >= 15 is 0 Å². The summed E-state index contributed by atoms with van der Waals surface area (Å²) in [7, 11) is 1.29. The van der Waals surface area contributed by atoms with Crippen LogP contribution in [0.5, 0.6) is 5.75 Å². The summed E-state index contributed by atoms with van der Waals surface area (Å²) in [6.45, 7) is -0.402. The van der Waals surface area contributed by atoms with Gasteiger partial charge in [-0.25, -0.2) is 4.98 Å². The van der Waals surface area contributed by atoms with Crippen molar-refractivity contribution in [2.45, 2.75) is 6.61 Å². The summed E-state index contributed by atoms with van der Waals surface area (Å²) in [4.78, 5) is 38.9. The molecule has 10 heteroatoms. The van der Waals surface area contributed by atoms with Crippen molar-refractivity contribution in [3.8, 4) is 16.3 Å². The largest absolute Gasteiger partial charge is 0.490 e. The molecule has 0 radical (unpaired) electrons. The zero-order valence-electron chi connectivity index (χ0n) is 15.9. The Kier molecular flexibility index (Phi) is 6.71. The molecule has 0 saturated heterocycles. The Balaban J connectivity index is 1.51. The summed E-state index contributed by atoms with van der Waals surface area (Å²) in [6, 6.07) is 13.4. The molecule has 9 nitrogen and oxygen atoms in total. The molecule has 30 heavy (non-hydrogen) atoms. The molecule has 3 rings (SSSR count). The second-order valence-corrected chi connectivity index (χ2v) is 6.86. The van der Waals surface area contributed by atoms with Crippen molar-refractivity contribution in [3.63, 3.8) is 0 Å². The molecule has 1 heterocycles. The maximum absolute atomic E-state index is 12.2. The SMILES string of the molecule is COc1ccc(C(=O)NCC(=O)OCc2csc(-c3ccccc3)n2)cc1[N+](=O)[O-]. The minimum Gasteiger partial charge on any atom is -0.490 e. The first-order chi connectivity index (χ1) is 14.5. The predicted octanol–water partition coefficient (Wildman–Crippen LogP) is 3.20. The minimum absolute atomic E-state index is 0.0218. The van der Waals surface area contributed by atoms with Crippen molar-refractivity contribution in [2.24, 2.45) is 0 Å². The lowest BCUT2D eigenvalue weighted by Gasteiger charge is -2.07. The topological polar surface area (TPSA) is 121 Å². The number of amides is 1. The van der Waals surface area contributed by atoms with Crippen molar-refractivity contribution in [3.05, 3.63) is 75.3 Å². The predicted molar refractivity (Wildman–Crippen MR) is 109 cm³/mol. The third-order valence-electron chi connectivity index (χ3n) is 3.98. The maximum Gasteiger partial charge on any atom is 0.325 e. The van der Waals surface area contributed by atoms with E-state index < -0.39 is 16.8 Å². The molecule has 2 aromatic carbocycles. The molecule has 0 aliphatic heterocycles. The molecule has 0 aliphatic rings. The number of nitrogens with one attached hydrogen (secondary N) is 1. The van der Waals surface area contributed by atoms with Gasteiger partial charge in [0.15, 0.2) is 5.75 Å². The van der Waals surface area contributed by atoms with Crippen LogP contribution in [0.4, 0.5) is 5.69 Å². The summed E-state index contributed by atoms with van der Waals surface area (Å²) in [5.41, 5.74) is 1.26. The Morgan fingerprint density at radius 1 is 1.20 bits per heavy atom. The number of carbonyl (C=O) groups excluding carboxylic acids is 2. The molecule has 0 saturated carbocycles. The summed E-state index contributed by atoms with van der Waals surface area (Å²) >= 11 is 1.44. The number of nitrogens with zero attached hydrogens (tertiary/aromatic N) is 2. The van der Waals surface area contributed by atoms with Gasteiger partial charge in [0.05, 0.1) is 17.7 Å². The molecule has 1 amide bonds. The number of aromatic nitrogens is 1. The van der Waals surface area contributed by atoms with Crippen LogP contribution in [0.15, 0.2) is 53.9 Å². The third kappa shape index (κ3) is 5.17. The number of esters is 1. The van der Waals surface area contributed by atoms with Gasteiger partial charge in [-0.2, -0.15) is 0 Å². The first-order valence-electron chi connectivity index (χ1n) is 8.74. The van der Waals surface area contributed by atoms with Crippen LogP contribution in [0.1, 0.15) is 16.1 Å². The molecule has 0 spiro atoms. The van der Waals surface area contributed by atoms with E-state index in [-0.39, 0.29) is 30.2 Å². The monoisotopic (exact) mass is 427 g/mol. The quantitative estimate of drug-likeness (QED) is 0.333. The normalized spacial score (nSPS) is 10.3. The van der Waals surface area contributed by atoms with E-state index in [1.54, 1.807) is 5.38 Å². The van der Waals surface area contributed by atoms with Crippen LogP contribution < -0.4 is 10.1 Å². The Bertz CT molecular complexity index is 1070. The average Bonchev–Trinajstić information content (AvgIpc) is 3.25. The number of nitro benzene ring substituents is 1. The van der Waals surface area contributed by atoms with Crippen molar-refractivity contribution in [2.75, 3.05) is 13.7 Å². The van der Waals surface area contributed by atoms with Gasteiger partial charge in [0, 0.05) is 22.6 Å². The number of methoxy groups -OCH3 is 1. The van der Waals surface area contributed by atoms with Crippen LogP contribution in [-0.2, 0) is 16.1 Å². The van der Waals surface area contributed by atoms with Gasteiger partial charge >= 0.3 is 11.7 Å². The lowest BCUT2D eigenvalue weighted by molar-refractivity contribution is -0.385. The van der Waals surface area contributed by atoms with E-state index in [1.165, 1.54) is 30.6 Å². The van der Waals surface area contributed by atoms with Crippen molar-refractivity contribution >= 4 is 28.9 Å². The van der Waals surface area contributed by atoms with Gasteiger partial charge in [-0.05, 0) is 12.1 Å². The summed E-state index contributed by atoms with van der Waals surface area (Å²) < 4.78 is 10.0. The first kappa shape index (κ1) is 20.9. The zero-order valence-corrected chi connectivity index (χ0v) is 16.7. The fourth-order valence-corrected chi connectivity index (χ4v) is 3.33. The summed E-state index contributed by atoms with van der Waals surface area (Å²) in [6.07, 6.45) is 0. The van der Waals surface area contributed by atoms with E-state index in [1.807, 2.05) is 30.3 Å². The Labute approximate surface area is 175 Å². The highest BCUT2D eigenvalue weighted by Crippen LogP contribution is 2.27. The van der Waals surface area contributed by atoms with E-state index in [0.29, 0.717) is 5.69 Å². The van der Waals surface area contributed by atoms with E-state index in [9.17, 15) is 19.7 Å². The number of benzene rings is 2. The zero-order chi connectivity index (χ0) is 21.5. The molecule has 1 aromatic heterocycles. The molecule has 1 N–H and O–H groups in total. The van der Waals surface area contributed by atoms with Crippen molar-refractivity contribution in [1.29, 1.82) is 0 Å². The Hall–Kier alpha value is -3.79. The number of thiazole rings is 1. The summed E-state index contributed by atoms with van der Waals surface area (Å²) in [5.74, 6) is -1.26. The van der Waals surface area contributed by atoms with Crippen LogP contribution in [-0.4, -0.2) is 35.4 Å². The third-order valence-corrected chi connectivity index (χ3v) is 4.92. The molecule has 0 aliphatic carbocycles. The minimum atomic E-state index is -0.652. The highest BCUT2D eigenvalue weighted by molar-refractivity contribution is 7.13. The number of ether oxygens (including phenoxy) is 2. The Morgan fingerprint density at radius 3 is 2.67 bits per heavy atom. The number of hydrogen-bond acceptors (Lipinski definition) is 8. The van der Waals surface area contributed by atoms with Crippen molar-refractivity contribution < 1.29 is 24.0 Å². The van der Waals surface area contributed by atoms with Crippen LogP contribution in [0, 0.1) is 10.1 Å². The maximum atomic E-state index is 12.2. The van der Waals surface area contributed by atoms with Gasteiger partial charge in [-0.15, -0.1) is 11.3 Å². The second kappa shape index (κ2) is 9.61. The fourth-order valence-electron chi connectivity index (χ4n) is 2.52. The van der Waals surface area contributed by atoms with Crippen LogP contribution in [0.3, 0.4) is 0 Å². The molecule has 3 aromatic rings. The van der Waals surface area contributed by atoms with E-state index in [2.05, 4.69) is 10.3 Å². The van der Waals surface area contributed by atoms with E-state index in [4.69, 9.17) is 9.47 Å². The van der Waals surface area contributed by atoms with Crippen molar-refractivity contribution in [1.82, 2.24) is 10.3 Å². The fraction of sp³-hybridized carbons (Fsp3) is 0.150. The molecule has 0 bridgehead atoms. The summed E-state index contributed by atoms with van der Waals surface area (Å²) in [5, 5.41) is 16.0. The molecule has 0 unspecified atom stereocenters. The molecule has 0 fully saturated rings. The van der Waals surface area contributed by atoms with Gasteiger partial charge in [-0.1, -0.05) is 30.3 Å². The smallest absolute Gasteiger partial charge is 0.325 e. The number of carbonyl (C=O) groups is 2. The molecule has 0 atom stereocenters. The number of nitro groups is 1. The number of hydrogen-bond donors (Lipinski definition) is 1. The number of rotatable bonds is 8. The Morgan fingerprint density at radius 2 is 1.97 bits per heavy atom. The highest BCUT2D eigenvalue weighted by Gasteiger charge is 2.18. The lowest BCUT2D eigenvalue weighted by Crippen LogP contribution is -2.30. The van der Waals surface area contributed by atoms with Gasteiger partial charge in [0.1, 0.15) is 18.2 Å². The average molecular weight is 427 g/mol. The highest BCUT2D eigenvalue weighted by atomic mass is 32.1. The van der Waals surface area contributed by atoms with Gasteiger partial charge in [0.2, 0.25) is 0 Å². The van der Waals surface area contributed by atoms with Crippen LogP contribution in [0.25, 0.3) is 10.6 Å². The lowest BCUT2D eigenvalue weighted by atomic mass is 10.1. The molecular weight excluding hydrogens is 410 g/mol. The first-order valence-corrected chi connectivity index (χ1v) is 9.62. The van der Waals surface area contributed by atoms with Gasteiger partial charge in [0.25, 0.3) is 5.91 Å². The van der Waals surface area contributed by atoms with Gasteiger partial charge < -0.3 is 14.8 Å². The second-order valence-electron chi connectivity index (χ2n) is 6.00. The standard InChI is InChI=1S/C20H17N3O6S/c1-28-17-8-7-14(9-16(17)23(26)27)19(25)21-10-18(24)29-11-15-12-30-20(22-15)13-5-3-2-4-6-13/h2-9,12H,10-11H2,1H3,(H,21,25). The van der Waals surface area contributed by atoms with E-state index in [0.717, 1.165) is 16.6 Å². The molecule has 154 valence electrons. The van der Waals surface area contributed by atoms with Crippen LogP contribution in [0.2, 0.25) is 0 Å². The van der Waals surface area contributed by atoms with Crippen LogP contribution >= 0.6 is 11.3 Å².